The number of amides is 1. The van der Waals surface area contributed by atoms with Crippen LogP contribution in [-0.4, -0.2) is 35.6 Å². The fraction of sp³-hybridized carbons (Fsp3) is 0.0556. The fourth-order valence-corrected chi connectivity index (χ4v) is 4.03. The van der Waals surface area contributed by atoms with E-state index in [4.69, 9.17) is 0 Å². The third kappa shape index (κ3) is 4.18. The molecule has 10 nitrogen and oxygen atoms in total. The van der Waals surface area contributed by atoms with Crippen LogP contribution in [0.4, 0.5) is 10.8 Å². The number of aryl methyl sites for hydroxylation is 1. The van der Waals surface area contributed by atoms with Gasteiger partial charge in [0.15, 0.2) is 10.3 Å². The molecule has 150 valence electrons. The molecule has 3 aromatic heterocycles. The number of carbonyl (C=O) groups excluding carboxylic acids is 1. The van der Waals surface area contributed by atoms with E-state index in [9.17, 15) is 14.9 Å². The molecule has 1 N–H and O–H groups in total. The van der Waals surface area contributed by atoms with Crippen molar-refractivity contribution in [1.82, 2.24) is 24.7 Å². The highest BCUT2D eigenvalue weighted by Crippen LogP contribution is 2.34. The molecular weight excluding hydrogens is 426 g/mol. The van der Waals surface area contributed by atoms with Crippen molar-refractivity contribution in [3.05, 3.63) is 70.0 Å². The van der Waals surface area contributed by atoms with Crippen LogP contribution in [0.15, 0.2) is 64.4 Å². The number of nitro groups is 1. The minimum atomic E-state index is -0.530. The van der Waals surface area contributed by atoms with E-state index in [0.29, 0.717) is 26.6 Å². The van der Waals surface area contributed by atoms with Crippen LogP contribution in [0.5, 0.6) is 0 Å². The zero-order chi connectivity index (χ0) is 21.1. The summed E-state index contributed by atoms with van der Waals surface area (Å²) in [5, 5.41) is 24.5. The Bertz CT molecular complexity index is 1220. The Morgan fingerprint density at radius 1 is 1.27 bits per heavy atom. The van der Waals surface area contributed by atoms with Gasteiger partial charge >= 0.3 is 0 Å². The van der Waals surface area contributed by atoms with Crippen LogP contribution in [0.25, 0.3) is 11.4 Å². The molecule has 0 aliphatic carbocycles. The number of anilines is 1. The first-order valence-corrected chi connectivity index (χ1v) is 10.2. The van der Waals surface area contributed by atoms with Gasteiger partial charge in [0.25, 0.3) is 11.6 Å². The van der Waals surface area contributed by atoms with Gasteiger partial charge in [-0.05, 0) is 36.0 Å². The number of aromatic nitrogens is 5. The maximum absolute atomic E-state index is 12.6. The number of benzene rings is 1. The first kappa shape index (κ1) is 19.7. The Morgan fingerprint density at radius 3 is 2.83 bits per heavy atom. The van der Waals surface area contributed by atoms with Crippen molar-refractivity contribution in [2.75, 3.05) is 5.32 Å². The zero-order valence-electron chi connectivity index (χ0n) is 15.4. The number of rotatable bonds is 6. The molecule has 0 bridgehead atoms. The van der Waals surface area contributed by atoms with Crippen molar-refractivity contribution >= 4 is 39.8 Å². The molecule has 0 unspecified atom stereocenters. The maximum atomic E-state index is 12.6. The lowest BCUT2D eigenvalue weighted by Gasteiger charge is -2.05. The average Bonchev–Trinajstić information content (AvgIpc) is 3.38. The smallest absolute Gasteiger partial charge is 0.284 e. The first-order valence-electron chi connectivity index (χ1n) is 8.50. The van der Waals surface area contributed by atoms with E-state index in [1.165, 1.54) is 35.9 Å². The minimum absolute atomic E-state index is 0.151. The van der Waals surface area contributed by atoms with Gasteiger partial charge in [-0.1, -0.05) is 6.07 Å². The van der Waals surface area contributed by atoms with E-state index in [2.05, 4.69) is 25.5 Å². The number of hydrogen-bond donors (Lipinski definition) is 1. The molecule has 0 radical (unpaired) electrons. The molecule has 1 aromatic carbocycles. The first-order chi connectivity index (χ1) is 14.5. The van der Waals surface area contributed by atoms with Crippen LogP contribution in [0.2, 0.25) is 0 Å². The summed E-state index contributed by atoms with van der Waals surface area (Å²) >= 11 is 2.35. The summed E-state index contributed by atoms with van der Waals surface area (Å²) in [6.45, 7) is 0. The molecule has 0 saturated carbocycles. The molecule has 12 heteroatoms. The molecule has 0 fully saturated rings. The van der Waals surface area contributed by atoms with Crippen LogP contribution >= 0.6 is 23.1 Å². The predicted octanol–water partition coefficient (Wildman–Crippen LogP) is 3.65. The summed E-state index contributed by atoms with van der Waals surface area (Å²) in [6, 6.07) is 9.75. The molecule has 30 heavy (non-hydrogen) atoms. The molecule has 0 saturated heterocycles. The van der Waals surface area contributed by atoms with Crippen molar-refractivity contribution in [2.45, 2.75) is 10.1 Å². The van der Waals surface area contributed by atoms with Gasteiger partial charge < -0.3 is 4.57 Å². The zero-order valence-corrected chi connectivity index (χ0v) is 17.1. The second kappa shape index (κ2) is 8.39. The summed E-state index contributed by atoms with van der Waals surface area (Å²) in [5.74, 6) is -0.491. The summed E-state index contributed by atoms with van der Waals surface area (Å²) in [5.41, 5.74) is 1.29. The van der Waals surface area contributed by atoms with Gasteiger partial charge in [-0.25, -0.2) is 4.98 Å². The second-order valence-corrected chi connectivity index (χ2v) is 7.84. The second-order valence-electron chi connectivity index (χ2n) is 5.97. The summed E-state index contributed by atoms with van der Waals surface area (Å²) in [7, 11) is 1.74. The molecule has 0 spiro atoms. The monoisotopic (exact) mass is 439 g/mol. The van der Waals surface area contributed by atoms with E-state index >= 15 is 0 Å². The lowest BCUT2D eigenvalue weighted by molar-refractivity contribution is -0.387. The number of pyridine rings is 1. The summed E-state index contributed by atoms with van der Waals surface area (Å²) in [6.07, 6.45) is 3.16. The SMILES string of the molecule is Cn1cnnc1Sc1ccc(C(=O)Nc2nc(-c3ccccn3)cs2)cc1[N+](=O)[O-]. The van der Waals surface area contributed by atoms with Crippen molar-refractivity contribution in [3.8, 4) is 11.4 Å². The van der Waals surface area contributed by atoms with E-state index < -0.39 is 10.8 Å². The molecule has 0 aliphatic heterocycles. The Hall–Kier alpha value is -3.64. The highest BCUT2D eigenvalue weighted by atomic mass is 32.2. The summed E-state index contributed by atoms with van der Waals surface area (Å²) in [4.78, 5) is 32.5. The average molecular weight is 439 g/mol. The Balaban J connectivity index is 1.54. The minimum Gasteiger partial charge on any atom is -0.311 e. The van der Waals surface area contributed by atoms with Crippen LogP contribution < -0.4 is 5.32 Å². The number of thiazole rings is 1. The molecule has 4 aromatic rings. The number of hydrogen-bond acceptors (Lipinski definition) is 9. The van der Waals surface area contributed by atoms with Gasteiger partial charge in [-0.2, -0.15) is 0 Å². The van der Waals surface area contributed by atoms with Gasteiger partial charge in [0.1, 0.15) is 12.0 Å². The van der Waals surface area contributed by atoms with Crippen LogP contribution in [0, 0.1) is 10.1 Å². The highest BCUT2D eigenvalue weighted by Gasteiger charge is 2.20. The molecule has 1 amide bonds. The molecule has 0 atom stereocenters. The largest absolute Gasteiger partial charge is 0.311 e. The van der Waals surface area contributed by atoms with Crippen molar-refractivity contribution in [2.24, 2.45) is 7.05 Å². The Kier molecular flexibility index (Phi) is 5.50. The normalized spacial score (nSPS) is 10.7. The standard InChI is InChI=1S/C18H13N7O3S2/c1-24-10-20-23-18(24)30-15-6-5-11(8-14(15)25(27)28)16(26)22-17-21-13(9-29-17)12-4-2-3-7-19-12/h2-10H,1H3,(H,21,22,26). The van der Waals surface area contributed by atoms with E-state index in [1.54, 1.807) is 29.3 Å². The van der Waals surface area contributed by atoms with Crippen LogP contribution in [0.3, 0.4) is 0 Å². The maximum Gasteiger partial charge on any atom is 0.284 e. The van der Waals surface area contributed by atoms with Gasteiger partial charge in [0, 0.05) is 30.3 Å². The molecule has 3 heterocycles. The van der Waals surface area contributed by atoms with Gasteiger partial charge in [0.05, 0.1) is 15.5 Å². The lowest BCUT2D eigenvalue weighted by Crippen LogP contribution is -2.12. The number of nitrogens with one attached hydrogen (secondary N) is 1. The highest BCUT2D eigenvalue weighted by molar-refractivity contribution is 7.99. The molecule has 0 aliphatic rings. The van der Waals surface area contributed by atoms with Gasteiger partial charge in [-0.15, -0.1) is 21.5 Å². The van der Waals surface area contributed by atoms with Gasteiger partial charge in [-0.3, -0.25) is 25.2 Å². The number of carbonyl (C=O) groups is 1. The lowest BCUT2D eigenvalue weighted by atomic mass is 10.2. The third-order valence-corrected chi connectivity index (χ3v) is 5.82. The Labute approximate surface area is 178 Å². The molecular formula is C18H13N7O3S2. The van der Waals surface area contributed by atoms with Crippen molar-refractivity contribution < 1.29 is 9.72 Å². The predicted molar refractivity (Wildman–Crippen MR) is 112 cm³/mol. The van der Waals surface area contributed by atoms with E-state index in [0.717, 1.165) is 11.8 Å². The third-order valence-electron chi connectivity index (χ3n) is 3.94. The fourth-order valence-electron chi connectivity index (χ4n) is 2.48. The topological polar surface area (TPSA) is 129 Å². The summed E-state index contributed by atoms with van der Waals surface area (Å²) < 4.78 is 1.65. The number of nitro benzene ring substituents is 1. The Morgan fingerprint density at radius 2 is 2.13 bits per heavy atom. The van der Waals surface area contributed by atoms with Gasteiger partial charge in [0.2, 0.25) is 0 Å². The van der Waals surface area contributed by atoms with E-state index in [1.807, 2.05) is 12.1 Å². The van der Waals surface area contributed by atoms with Crippen LogP contribution in [-0.2, 0) is 7.05 Å². The van der Waals surface area contributed by atoms with E-state index in [-0.39, 0.29) is 11.3 Å². The quantitative estimate of drug-likeness (QED) is 0.356. The number of nitrogens with zero attached hydrogens (tertiary/aromatic N) is 6. The van der Waals surface area contributed by atoms with Crippen molar-refractivity contribution in [1.29, 1.82) is 0 Å². The molecule has 4 rings (SSSR count). The van der Waals surface area contributed by atoms with Crippen LogP contribution in [0.1, 0.15) is 10.4 Å². The van der Waals surface area contributed by atoms with Crippen molar-refractivity contribution in [3.63, 3.8) is 0 Å².